The van der Waals surface area contributed by atoms with Crippen molar-refractivity contribution >= 4 is 17.5 Å². The molecule has 4 heteroatoms. The van der Waals surface area contributed by atoms with Crippen molar-refractivity contribution < 1.29 is 19.4 Å². The third-order valence-electron chi connectivity index (χ3n) is 14.6. The van der Waals surface area contributed by atoms with Crippen molar-refractivity contribution in [1.29, 1.82) is 0 Å². The summed E-state index contributed by atoms with van der Waals surface area (Å²) >= 11 is 0. The number of carboxylic acids is 1. The Bertz CT molecular complexity index is 1370. The first-order chi connectivity index (χ1) is 20.3. The molecule has 6 rings (SSSR count). The van der Waals surface area contributed by atoms with Gasteiger partial charge in [0.2, 0.25) is 0 Å². The van der Waals surface area contributed by atoms with E-state index in [2.05, 4.69) is 71.6 Å². The van der Waals surface area contributed by atoms with Crippen LogP contribution in [-0.4, -0.2) is 24.2 Å². The summed E-state index contributed by atoms with van der Waals surface area (Å²) in [7, 11) is 1.43. The Kier molecular flexibility index (Phi) is 7.22. The van der Waals surface area contributed by atoms with Crippen LogP contribution >= 0.6 is 0 Å². The standard InChI is InChI=1S/C39H52O4/c1-8-25-15-21-39(22-18-32(40)41)24-23-37(5)29(33(25)39)13-14-31-36(4)19-16-28(26-9-11-27(12-10-26)34(42)43-7)35(2,3)30(36)17-20-38(31,37)6/h8-12,16,18,22,25,29-31,33H,1,13-15,17,19-21,23-24H2,2-7H3,(H,40,41)/b22-18+/t25?,29-,30?,31?,33?,36+,37-,38-,39+/m1/s1. The number of hydrogen-bond donors (Lipinski definition) is 1. The number of aliphatic carboxylic acids is 1. The Hall–Kier alpha value is -2.62. The van der Waals surface area contributed by atoms with Crippen molar-refractivity contribution in [3.05, 3.63) is 66.3 Å². The second kappa shape index (κ2) is 10.2. The zero-order chi connectivity index (χ0) is 31.0. The number of carbonyl (C=O) groups is 2. The zero-order valence-corrected chi connectivity index (χ0v) is 27.2. The van der Waals surface area contributed by atoms with E-state index in [0.717, 1.165) is 25.7 Å². The highest BCUT2D eigenvalue weighted by molar-refractivity contribution is 5.90. The lowest BCUT2D eigenvalue weighted by Crippen LogP contribution is -2.65. The summed E-state index contributed by atoms with van der Waals surface area (Å²) in [4.78, 5) is 23.7. The van der Waals surface area contributed by atoms with E-state index < -0.39 is 5.97 Å². The van der Waals surface area contributed by atoms with Crippen molar-refractivity contribution in [2.75, 3.05) is 7.11 Å². The van der Waals surface area contributed by atoms with Gasteiger partial charge < -0.3 is 9.84 Å². The van der Waals surface area contributed by atoms with E-state index >= 15 is 0 Å². The van der Waals surface area contributed by atoms with Gasteiger partial charge in [0, 0.05) is 6.08 Å². The minimum Gasteiger partial charge on any atom is -0.478 e. The highest BCUT2D eigenvalue weighted by atomic mass is 16.5. The largest absolute Gasteiger partial charge is 0.478 e. The van der Waals surface area contributed by atoms with Gasteiger partial charge in [-0.1, -0.05) is 65.0 Å². The summed E-state index contributed by atoms with van der Waals surface area (Å²) in [6.45, 7) is 17.1. The van der Waals surface area contributed by atoms with Crippen LogP contribution in [-0.2, 0) is 9.53 Å². The Labute approximate surface area is 259 Å². The molecule has 5 aliphatic rings. The van der Waals surface area contributed by atoms with Gasteiger partial charge in [0.05, 0.1) is 12.7 Å². The van der Waals surface area contributed by atoms with E-state index in [1.807, 2.05) is 12.1 Å². The van der Waals surface area contributed by atoms with E-state index in [0.29, 0.717) is 35.2 Å². The topological polar surface area (TPSA) is 63.6 Å². The fourth-order valence-corrected chi connectivity index (χ4v) is 12.5. The molecule has 9 atom stereocenters. The van der Waals surface area contributed by atoms with Gasteiger partial charge in [0.1, 0.15) is 0 Å². The monoisotopic (exact) mass is 584 g/mol. The number of carboxylic acid groups (broad SMARTS) is 1. The van der Waals surface area contributed by atoms with Crippen LogP contribution in [0.5, 0.6) is 0 Å². The summed E-state index contributed by atoms with van der Waals surface area (Å²) in [5.74, 6) is 1.70. The Morgan fingerprint density at radius 2 is 1.63 bits per heavy atom. The average Bonchev–Trinajstić information content (AvgIpc) is 3.35. The molecular weight excluding hydrogens is 532 g/mol. The third kappa shape index (κ3) is 4.21. The first-order valence-electron chi connectivity index (χ1n) is 16.7. The lowest BCUT2D eigenvalue weighted by atomic mass is 9.32. The summed E-state index contributed by atoms with van der Waals surface area (Å²) in [6, 6.07) is 8.01. The van der Waals surface area contributed by atoms with Gasteiger partial charge in [-0.3, -0.25) is 0 Å². The van der Waals surface area contributed by atoms with Gasteiger partial charge in [0.15, 0.2) is 0 Å². The van der Waals surface area contributed by atoms with Crippen LogP contribution in [0.25, 0.3) is 5.57 Å². The van der Waals surface area contributed by atoms with Crippen LogP contribution in [0, 0.1) is 56.7 Å². The number of carbonyl (C=O) groups excluding carboxylic acids is 1. The summed E-state index contributed by atoms with van der Waals surface area (Å²) in [5.41, 5.74) is 3.98. The second-order valence-electron chi connectivity index (χ2n) is 16.1. The third-order valence-corrected chi connectivity index (χ3v) is 14.6. The predicted molar refractivity (Wildman–Crippen MR) is 172 cm³/mol. The molecule has 4 fully saturated rings. The smallest absolute Gasteiger partial charge is 0.337 e. The summed E-state index contributed by atoms with van der Waals surface area (Å²) < 4.78 is 4.93. The Morgan fingerprint density at radius 3 is 2.28 bits per heavy atom. The number of esters is 1. The maximum Gasteiger partial charge on any atom is 0.337 e. The van der Waals surface area contributed by atoms with Crippen molar-refractivity contribution in [2.24, 2.45) is 56.7 Å². The molecule has 0 bridgehead atoms. The summed E-state index contributed by atoms with van der Waals surface area (Å²) in [6.07, 6.45) is 18.9. The van der Waals surface area contributed by atoms with E-state index in [9.17, 15) is 14.7 Å². The number of hydrogen-bond acceptors (Lipinski definition) is 3. The molecule has 1 aromatic rings. The lowest BCUT2D eigenvalue weighted by molar-refractivity contribution is -0.221. The summed E-state index contributed by atoms with van der Waals surface area (Å²) in [5, 5.41) is 9.55. The molecule has 5 aliphatic carbocycles. The first-order valence-corrected chi connectivity index (χ1v) is 16.7. The number of fused-ring (bicyclic) bond motifs is 7. The van der Waals surface area contributed by atoms with Crippen LogP contribution in [0.2, 0.25) is 0 Å². The van der Waals surface area contributed by atoms with Crippen molar-refractivity contribution in [1.82, 2.24) is 0 Å². The highest BCUT2D eigenvalue weighted by Gasteiger charge is 2.69. The minimum atomic E-state index is -0.822. The molecule has 0 radical (unpaired) electrons. The Balaban J connectivity index is 1.34. The van der Waals surface area contributed by atoms with Crippen molar-refractivity contribution in [2.45, 2.75) is 92.4 Å². The van der Waals surface area contributed by atoms with Gasteiger partial charge in [-0.15, -0.1) is 6.58 Å². The number of rotatable bonds is 5. The molecule has 232 valence electrons. The number of allylic oxidation sites excluding steroid dienone is 4. The number of benzene rings is 1. The average molecular weight is 585 g/mol. The molecule has 0 spiro atoms. The van der Waals surface area contributed by atoms with Crippen molar-refractivity contribution in [3.63, 3.8) is 0 Å². The van der Waals surface area contributed by atoms with Crippen LogP contribution in [0.15, 0.2) is 55.1 Å². The molecule has 0 saturated heterocycles. The maximum atomic E-state index is 12.1. The maximum absolute atomic E-state index is 12.1. The fraction of sp³-hybridized carbons (Fsp3) is 0.641. The Morgan fingerprint density at radius 1 is 0.907 bits per heavy atom. The van der Waals surface area contributed by atoms with E-state index in [1.54, 1.807) is 0 Å². The quantitative estimate of drug-likeness (QED) is 0.213. The van der Waals surface area contributed by atoms with Gasteiger partial charge in [-0.05, 0) is 138 Å². The number of methoxy groups -OCH3 is 1. The molecule has 4 saturated carbocycles. The van der Waals surface area contributed by atoms with Gasteiger partial charge in [-0.2, -0.15) is 0 Å². The van der Waals surface area contributed by atoms with Crippen LogP contribution in [0.3, 0.4) is 0 Å². The SMILES string of the molecule is C=CC1CC[C@]2(/C=C/C(=O)O)CC[C@]3(C)[C@H](CCC4[C@@]5(C)CC=C(c6ccc(C(=O)OC)cc6)C(C)(C)C5CC[C@]43C)C12. The lowest BCUT2D eigenvalue weighted by Gasteiger charge is -2.72. The second-order valence-corrected chi connectivity index (χ2v) is 16.1. The zero-order valence-electron chi connectivity index (χ0n) is 27.2. The highest BCUT2D eigenvalue weighted by Crippen LogP contribution is 2.77. The van der Waals surface area contributed by atoms with Gasteiger partial charge in [-0.25, -0.2) is 9.59 Å². The van der Waals surface area contributed by atoms with Crippen molar-refractivity contribution in [3.8, 4) is 0 Å². The van der Waals surface area contributed by atoms with E-state index in [1.165, 1.54) is 56.4 Å². The van der Waals surface area contributed by atoms with Crippen LogP contribution < -0.4 is 0 Å². The number of ether oxygens (including phenoxy) is 1. The molecule has 0 amide bonds. The molecule has 4 unspecified atom stereocenters. The normalized spacial score (nSPS) is 43.0. The van der Waals surface area contributed by atoms with Crippen LogP contribution in [0.4, 0.5) is 0 Å². The molecule has 0 aromatic heterocycles. The van der Waals surface area contributed by atoms with E-state index in [4.69, 9.17) is 4.74 Å². The minimum absolute atomic E-state index is 0.000389. The first kappa shape index (κ1) is 30.4. The predicted octanol–water partition coefficient (Wildman–Crippen LogP) is 9.37. The van der Waals surface area contributed by atoms with Gasteiger partial charge in [0.25, 0.3) is 0 Å². The molecule has 0 heterocycles. The van der Waals surface area contributed by atoms with E-state index in [-0.39, 0.29) is 33.0 Å². The fourth-order valence-electron chi connectivity index (χ4n) is 12.5. The molecule has 1 aromatic carbocycles. The van der Waals surface area contributed by atoms with Gasteiger partial charge >= 0.3 is 11.9 Å². The molecule has 1 N–H and O–H groups in total. The molecule has 0 aliphatic heterocycles. The molecular formula is C39H52O4. The molecule has 4 nitrogen and oxygen atoms in total. The molecule has 43 heavy (non-hydrogen) atoms. The van der Waals surface area contributed by atoms with Crippen LogP contribution in [0.1, 0.15) is 108 Å².